The van der Waals surface area contributed by atoms with Crippen molar-refractivity contribution in [3.8, 4) is 0 Å². The van der Waals surface area contributed by atoms with E-state index >= 15 is 0 Å². The third-order valence-electron chi connectivity index (χ3n) is 2.45. The van der Waals surface area contributed by atoms with Crippen LogP contribution < -0.4 is 5.73 Å². The number of benzene rings is 1. The van der Waals surface area contributed by atoms with Crippen LogP contribution in [0, 0.1) is 0 Å². The van der Waals surface area contributed by atoms with Crippen LogP contribution in [-0.2, 0) is 12.7 Å². The van der Waals surface area contributed by atoms with Gasteiger partial charge in [0.25, 0.3) is 5.91 Å². The van der Waals surface area contributed by atoms with Crippen molar-refractivity contribution >= 4 is 5.91 Å². The fraction of sp³-hybridized carbons (Fsp3) is 0.182. The second-order valence-electron chi connectivity index (χ2n) is 3.82. The molecule has 1 aromatic heterocycles. The van der Waals surface area contributed by atoms with E-state index in [1.165, 1.54) is 24.4 Å². The molecule has 5 nitrogen and oxygen atoms in total. The molecule has 0 radical (unpaired) electrons. The summed E-state index contributed by atoms with van der Waals surface area (Å²) in [7, 11) is 0. The predicted octanol–water partition coefficient (Wildman–Crippen LogP) is 1.44. The zero-order valence-corrected chi connectivity index (χ0v) is 9.55. The highest BCUT2D eigenvalue weighted by atomic mass is 19.4. The van der Waals surface area contributed by atoms with Gasteiger partial charge in [-0.2, -0.15) is 13.2 Å². The van der Waals surface area contributed by atoms with Crippen molar-refractivity contribution in [1.82, 2.24) is 15.0 Å². The van der Waals surface area contributed by atoms with Crippen molar-refractivity contribution in [2.24, 2.45) is 5.73 Å². The van der Waals surface area contributed by atoms with E-state index in [0.717, 1.165) is 10.7 Å². The van der Waals surface area contributed by atoms with Crippen LogP contribution in [0.15, 0.2) is 30.5 Å². The van der Waals surface area contributed by atoms with Crippen LogP contribution >= 0.6 is 0 Å². The topological polar surface area (TPSA) is 73.8 Å². The van der Waals surface area contributed by atoms with Crippen molar-refractivity contribution in [3.63, 3.8) is 0 Å². The number of nitrogens with two attached hydrogens (primary N) is 1. The maximum atomic E-state index is 12.8. The Balaban J connectivity index is 2.30. The number of halogens is 3. The van der Waals surface area contributed by atoms with E-state index in [0.29, 0.717) is 0 Å². The largest absolute Gasteiger partial charge is 0.416 e. The number of rotatable bonds is 3. The van der Waals surface area contributed by atoms with E-state index in [-0.39, 0.29) is 17.8 Å². The molecule has 0 saturated carbocycles. The van der Waals surface area contributed by atoms with Gasteiger partial charge < -0.3 is 5.73 Å². The number of alkyl halides is 3. The van der Waals surface area contributed by atoms with Gasteiger partial charge >= 0.3 is 6.18 Å². The molecule has 0 saturated heterocycles. The Morgan fingerprint density at radius 1 is 1.32 bits per heavy atom. The molecule has 0 aliphatic heterocycles. The number of aromatic nitrogens is 3. The first-order valence-electron chi connectivity index (χ1n) is 5.23. The van der Waals surface area contributed by atoms with Gasteiger partial charge in [0.2, 0.25) is 0 Å². The number of primary amides is 1. The van der Waals surface area contributed by atoms with Crippen LogP contribution in [0.25, 0.3) is 0 Å². The number of carbonyl (C=O) groups is 1. The Morgan fingerprint density at radius 3 is 2.58 bits per heavy atom. The van der Waals surface area contributed by atoms with Crippen LogP contribution in [0.1, 0.15) is 21.6 Å². The van der Waals surface area contributed by atoms with Crippen LogP contribution in [0.2, 0.25) is 0 Å². The molecule has 0 aliphatic rings. The highest BCUT2D eigenvalue weighted by molar-refractivity contribution is 5.90. The molecule has 1 aromatic carbocycles. The lowest BCUT2D eigenvalue weighted by Gasteiger charge is -2.12. The summed E-state index contributed by atoms with van der Waals surface area (Å²) in [5.74, 6) is -0.782. The molecule has 2 aromatic rings. The fourth-order valence-corrected chi connectivity index (χ4v) is 1.60. The molecule has 19 heavy (non-hydrogen) atoms. The van der Waals surface area contributed by atoms with E-state index in [9.17, 15) is 18.0 Å². The standard InChI is InChI=1S/C11H9F3N4O/c12-11(13,14)8-4-2-1-3-7(8)5-18-6-9(10(15)19)16-17-18/h1-4,6H,5H2,(H2,15,19). The first-order valence-corrected chi connectivity index (χ1v) is 5.23. The summed E-state index contributed by atoms with van der Waals surface area (Å²) in [4.78, 5) is 10.8. The van der Waals surface area contributed by atoms with Crippen molar-refractivity contribution < 1.29 is 18.0 Å². The van der Waals surface area contributed by atoms with Crippen LogP contribution in [-0.4, -0.2) is 20.9 Å². The van der Waals surface area contributed by atoms with Gasteiger partial charge in [-0.25, -0.2) is 4.68 Å². The molecule has 0 spiro atoms. The van der Waals surface area contributed by atoms with Crippen molar-refractivity contribution in [2.75, 3.05) is 0 Å². The third kappa shape index (κ3) is 2.90. The molecule has 0 unspecified atom stereocenters. The minimum atomic E-state index is -4.44. The lowest BCUT2D eigenvalue weighted by molar-refractivity contribution is -0.138. The SMILES string of the molecule is NC(=O)c1cn(Cc2ccccc2C(F)(F)F)nn1. The molecule has 2 N–H and O–H groups in total. The van der Waals surface area contributed by atoms with E-state index in [1.54, 1.807) is 0 Å². The zero-order chi connectivity index (χ0) is 14.0. The average Bonchev–Trinajstić information content (AvgIpc) is 2.77. The summed E-state index contributed by atoms with van der Waals surface area (Å²) in [6.07, 6.45) is -3.24. The van der Waals surface area contributed by atoms with Crippen LogP contribution in [0.4, 0.5) is 13.2 Å². The summed E-state index contributed by atoms with van der Waals surface area (Å²) in [6.45, 7) is -0.143. The number of carbonyl (C=O) groups excluding carboxylic acids is 1. The van der Waals surface area contributed by atoms with Gasteiger partial charge in [-0.3, -0.25) is 4.79 Å². The monoisotopic (exact) mass is 270 g/mol. The maximum absolute atomic E-state index is 12.8. The quantitative estimate of drug-likeness (QED) is 0.917. The highest BCUT2D eigenvalue weighted by Gasteiger charge is 2.32. The van der Waals surface area contributed by atoms with Crippen molar-refractivity contribution in [2.45, 2.75) is 12.7 Å². The molecular weight excluding hydrogens is 261 g/mol. The Bertz CT molecular complexity index is 606. The molecule has 100 valence electrons. The third-order valence-corrected chi connectivity index (χ3v) is 2.45. The minimum absolute atomic E-state index is 0.0379. The van der Waals surface area contributed by atoms with Crippen molar-refractivity contribution in [1.29, 1.82) is 0 Å². The molecule has 2 rings (SSSR count). The number of nitrogens with zero attached hydrogens (tertiary/aromatic N) is 3. The van der Waals surface area contributed by atoms with Gasteiger partial charge in [-0.15, -0.1) is 5.10 Å². The highest BCUT2D eigenvalue weighted by Crippen LogP contribution is 2.32. The molecule has 1 heterocycles. The van der Waals surface area contributed by atoms with Gasteiger partial charge in [0, 0.05) is 0 Å². The Labute approximate surface area is 105 Å². The van der Waals surface area contributed by atoms with Gasteiger partial charge in [-0.1, -0.05) is 23.4 Å². The molecule has 0 aliphatic carbocycles. The first kappa shape index (κ1) is 13.1. The second-order valence-corrected chi connectivity index (χ2v) is 3.82. The van der Waals surface area contributed by atoms with Gasteiger partial charge in [0.1, 0.15) is 0 Å². The van der Waals surface area contributed by atoms with Gasteiger partial charge in [0.15, 0.2) is 5.69 Å². The Hall–Kier alpha value is -2.38. The smallest absolute Gasteiger partial charge is 0.364 e. The van der Waals surface area contributed by atoms with Crippen molar-refractivity contribution in [3.05, 3.63) is 47.3 Å². The predicted molar refractivity (Wildman–Crippen MR) is 59.1 cm³/mol. The lowest BCUT2D eigenvalue weighted by Crippen LogP contribution is -2.12. The Kier molecular flexibility index (Phi) is 3.24. The number of hydrogen-bond donors (Lipinski definition) is 1. The first-order chi connectivity index (χ1) is 8.88. The lowest BCUT2D eigenvalue weighted by atomic mass is 10.1. The summed E-state index contributed by atoms with van der Waals surface area (Å²) in [5, 5.41) is 7.02. The number of hydrogen-bond acceptors (Lipinski definition) is 3. The fourth-order valence-electron chi connectivity index (χ4n) is 1.60. The van der Waals surface area contributed by atoms with Gasteiger partial charge in [-0.05, 0) is 11.6 Å². The summed E-state index contributed by atoms with van der Waals surface area (Å²) in [6, 6.07) is 5.13. The molecule has 0 atom stereocenters. The maximum Gasteiger partial charge on any atom is 0.416 e. The molecule has 0 fully saturated rings. The van der Waals surface area contributed by atoms with E-state index < -0.39 is 17.6 Å². The normalized spacial score (nSPS) is 11.5. The summed E-state index contributed by atoms with van der Waals surface area (Å²) >= 11 is 0. The Morgan fingerprint density at radius 2 is 2.00 bits per heavy atom. The molecule has 1 amide bonds. The van der Waals surface area contributed by atoms with E-state index in [2.05, 4.69) is 10.3 Å². The van der Waals surface area contributed by atoms with Gasteiger partial charge in [0.05, 0.1) is 18.3 Å². The second kappa shape index (κ2) is 4.71. The average molecular weight is 270 g/mol. The summed E-state index contributed by atoms with van der Waals surface area (Å²) in [5.41, 5.74) is 4.19. The summed E-state index contributed by atoms with van der Waals surface area (Å²) < 4.78 is 39.4. The number of amides is 1. The molecule has 8 heteroatoms. The zero-order valence-electron chi connectivity index (χ0n) is 9.55. The molecule has 0 bridgehead atoms. The van der Waals surface area contributed by atoms with Crippen LogP contribution in [0.3, 0.4) is 0 Å². The minimum Gasteiger partial charge on any atom is -0.364 e. The van der Waals surface area contributed by atoms with E-state index in [1.807, 2.05) is 0 Å². The molecular formula is C11H9F3N4O. The van der Waals surface area contributed by atoms with E-state index in [4.69, 9.17) is 5.73 Å². The van der Waals surface area contributed by atoms with Crippen LogP contribution in [0.5, 0.6) is 0 Å².